The van der Waals surface area contributed by atoms with Gasteiger partial charge < -0.3 is 0 Å². The van der Waals surface area contributed by atoms with E-state index in [4.69, 9.17) is 5.53 Å². The Kier molecular flexibility index (Phi) is 5.93. The fourth-order valence-electron chi connectivity index (χ4n) is 3.24. The van der Waals surface area contributed by atoms with Crippen LogP contribution in [0.5, 0.6) is 0 Å². The second-order valence-electron chi connectivity index (χ2n) is 6.37. The van der Waals surface area contributed by atoms with E-state index in [9.17, 15) is 8.78 Å². The van der Waals surface area contributed by atoms with Crippen molar-refractivity contribution >= 4 is 33.3 Å². The van der Waals surface area contributed by atoms with Crippen molar-refractivity contribution in [1.82, 2.24) is 10.2 Å². The molecule has 1 atom stereocenters. The molecule has 0 saturated heterocycles. The molecule has 0 amide bonds. The zero-order valence-electron chi connectivity index (χ0n) is 15.5. The summed E-state index contributed by atoms with van der Waals surface area (Å²) in [6, 6.07) is 12.9. The van der Waals surface area contributed by atoms with Gasteiger partial charge in [0.2, 0.25) is 5.13 Å². The van der Waals surface area contributed by atoms with Crippen molar-refractivity contribution in [3.8, 4) is 0 Å². The van der Waals surface area contributed by atoms with E-state index in [2.05, 4.69) is 25.3 Å². The summed E-state index contributed by atoms with van der Waals surface area (Å²) in [6.07, 6.45) is 1.10. The van der Waals surface area contributed by atoms with Crippen LogP contribution in [0, 0.1) is 11.6 Å². The van der Waals surface area contributed by atoms with Gasteiger partial charge in [-0.1, -0.05) is 58.5 Å². The Labute approximate surface area is 179 Å². The number of nitrogens with zero attached hydrogens (tertiary/aromatic N) is 7. The van der Waals surface area contributed by atoms with Crippen LogP contribution in [0.3, 0.4) is 0 Å². The standard InChI is InChI=1S/C19H15F2N7S2/c20-14-7-8-16(21)15(11-14)17-26-28(18-25-24-12-29-18)19(30-17,9-4-10-23-27-22)13-5-2-1-3-6-13/h1-3,5-8,11-12H,4,9-10H2. The minimum Gasteiger partial charge on any atom is -0.215 e. The number of azide groups is 1. The van der Waals surface area contributed by atoms with Crippen LogP contribution in [0.25, 0.3) is 10.4 Å². The van der Waals surface area contributed by atoms with E-state index in [1.807, 2.05) is 30.3 Å². The number of hydrogen-bond acceptors (Lipinski definition) is 7. The average molecular weight is 444 g/mol. The maximum atomic E-state index is 14.5. The van der Waals surface area contributed by atoms with Crippen molar-refractivity contribution in [3.63, 3.8) is 0 Å². The fourth-order valence-corrected chi connectivity index (χ4v) is 5.30. The van der Waals surface area contributed by atoms with Crippen molar-refractivity contribution in [2.24, 2.45) is 10.2 Å². The van der Waals surface area contributed by atoms with Gasteiger partial charge in [0.1, 0.15) is 27.1 Å². The first-order valence-corrected chi connectivity index (χ1v) is 10.7. The monoisotopic (exact) mass is 443 g/mol. The maximum absolute atomic E-state index is 14.5. The van der Waals surface area contributed by atoms with E-state index in [-0.39, 0.29) is 5.56 Å². The lowest BCUT2D eigenvalue weighted by Crippen LogP contribution is -2.37. The molecule has 4 rings (SSSR count). The molecule has 0 spiro atoms. The fraction of sp³-hybridized carbons (Fsp3) is 0.211. The molecule has 0 saturated carbocycles. The zero-order valence-corrected chi connectivity index (χ0v) is 17.2. The van der Waals surface area contributed by atoms with Gasteiger partial charge in [-0.3, -0.25) is 0 Å². The van der Waals surface area contributed by atoms with Crippen molar-refractivity contribution in [3.05, 3.63) is 87.2 Å². The minimum absolute atomic E-state index is 0.0855. The highest BCUT2D eigenvalue weighted by Crippen LogP contribution is 2.52. The summed E-state index contributed by atoms with van der Waals surface area (Å²) < 4.78 is 28.4. The predicted octanol–water partition coefficient (Wildman–Crippen LogP) is 5.67. The lowest BCUT2D eigenvalue weighted by molar-refractivity contribution is 0.525. The molecule has 2 aromatic carbocycles. The first kappa shape index (κ1) is 20.3. The molecule has 11 heteroatoms. The molecule has 1 aromatic heterocycles. The van der Waals surface area contributed by atoms with Gasteiger partial charge >= 0.3 is 0 Å². The van der Waals surface area contributed by atoms with Crippen molar-refractivity contribution in [1.29, 1.82) is 0 Å². The molecule has 0 fully saturated rings. The normalized spacial score (nSPS) is 18.2. The Morgan fingerprint density at radius 1 is 1.17 bits per heavy atom. The van der Waals surface area contributed by atoms with Crippen molar-refractivity contribution in [2.75, 3.05) is 11.6 Å². The molecule has 0 bridgehead atoms. The van der Waals surface area contributed by atoms with Crippen molar-refractivity contribution < 1.29 is 8.78 Å². The Morgan fingerprint density at radius 3 is 2.73 bits per heavy atom. The molecule has 7 nitrogen and oxygen atoms in total. The van der Waals surface area contributed by atoms with Crippen LogP contribution in [0.1, 0.15) is 24.0 Å². The van der Waals surface area contributed by atoms with Crippen LogP contribution in [-0.4, -0.2) is 21.8 Å². The largest absolute Gasteiger partial charge is 0.230 e. The van der Waals surface area contributed by atoms with Gasteiger partial charge in [0.15, 0.2) is 0 Å². The Hall–Kier alpha value is -3.01. The molecule has 3 aromatic rings. The maximum Gasteiger partial charge on any atom is 0.230 e. The van der Waals surface area contributed by atoms with E-state index < -0.39 is 16.5 Å². The molecule has 0 radical (unpaired) electrons. The van der Waals surface area contributed by atoms with Gasteiger partial charge in [-0.25, -0.2) is 13.8 Å². The molecule has 1 unspecified atom stereocenters. The van der Waals surface area contributed by atoms with Crippen LogP contribution in [0.2, 0.25) is 0 Å². The Balaban J connectivity index is 1.83. The number of hydrogen-bond donors (Lipinski definition) is 0. The number of thioether (sulfide) groups is 1. The molecular weight excluding hydrogens is 428 g/mol. The third kappa shape index (κ3) is 3.87. The summed E-state index contributed by atoms with van der Waals surface area (Å²) in [6.45, 7) is 0.305. The van der Waals surface area contributed by atoms with E-state index >= 15 is 0 Å². The topological polar surface area (TPSA) is 90.1 Å². The van der Waals surface area contributed by atoms with Crippen LogP contribution in [-0.2, 0) is 4.87 Å². The SMILES string of the molecule is [N-]=[N+]=NCCCC1(c2ccccc2)SC(c2cc(F)ccc2F)=NN1c1nncs1. The number of aromatic nitrogens is 2. The summed E-state index contributed by atoms with van der Waals surface area (Å²) in [7, 11) is 0. The highest BCUT2D eigenvalue weighted by molar-refractivity contribution is 8.15. The smallest absolute Gasteiger partial charge is 0.215 e. The highest BCUT2D eigenvalue weighted by Gasteiger charge is 2.47. The van der Waals surface area contributed by atoms with Gasteiger partial charge in [-0.15, -0.1) is 10.2 Å². The number of halogens is 2. The number of anilines is 1. The third-order valence-corrected chi connectivity index (χ3v) is 6.66. The van der Waals surface area contributed by atoms with Gasteiger partial charge in [-0.2, -0.15) is 5.10 Å². The van der Waals surface area contributed by atoms with Crippen LogP contribution in [0.15, 0.2) is 64.3 Å². The number of rotatable bonds is 7. The molecule has 1 aliphatic rings. The first-order valence-electron chi connectivity index (χ1n) is 9.00. The van der Waals surface area contributed by atoms with Gasteiger partial charge in [0, 0.05) is 17.0 Å². The second-order valence-corrected chi connectivity index (χ2v) is 8.45. The molecule has 1 aliphatic heterocycles. The lowest BCUT2D eigenvalue weighted by Gasteiger charge is -2.35. The average Bonchev–Trinajstić information content (AvgIpc) is 3.42. The predicted molar refractivity (Wildman–Crippen MR) is 114 cm³/mol. The van der Waals surface area contributed by atoms with Gasteiger partial charge in [-0.05, 0) is 42.1 Å². The van der Waals surface area contributed by atoms with E-state index in [0.717, 1.165) is 23.8 Å². The zero-order chi connectivity index (χ0) is 21.0. The summed E-state index contributed by atoms with van der Waals surface area (Å²) in [5.74, 6) is -1.10. The summed E-state index contributed by atoms with van der Waals surface area (Å²) >= 11 is 2.62. The van der Waals surface area contributed by atoms with Crippen molar-refractivity contribution in [2.45, 2.75) is 17.7 Å². The van der Waals surface area contributed by atoms with Gasteiger partial charge in [0.05, 0.1) is 0 Å². The lowest BCUT2D eigenvalue weighted by atomic mass is 10.0. The second kappa shape index (κ2) is 8.78. The molecule has 0 aliphatic carbocycles. The number of hydrazone groups is 1. The third-order valence-electron chi connectivity index (χ3n) is 4.55. The summed E-state index contributed by atoms with van der Waals surface area (Å²) in [5, 5.41) is 18.9. The molecule has 0 N–H and O–H groups in total. The van der Waals surface area contributed by atoms with Crippen LogP contribution < -0.4 is 5.01 Å². The molecule has 30 heavy (non-hydrogen) atoms. The molecular formula is C19H15F2N7S2. The summed E-state index contributed by atoms with van der Waals surface area (Å²) in [5.41, 5.74) is 11.2. The highest BCUT2D eigenvalue weighted by atomic mass is 32.2. The van der Waals surface area contributed by atoms with Crippen LogP contribution >= 0.6 is 23.1 Å². The van der Waals surface area contributed by atoms with Crippen LogP contribution in [0.4, 0.5) is 13.9 Å². The van der Waals surface area contributed by atoms with E-state index in [1.165, 1.54) is 23.1 Å². The van der Waals surface area contributed by atoms with E-state index in [0.29, 0.717) is 29.6 Å². The molecule has 152 valence electrons. The van der Waals surface area contributed by atoms with Gasteiger partial charge in [0.25, 0.3) is 0 Å². The van der Waals surface area contributed by atoms with E-state index in [1.54, 1.807) is 10.5 Å². The first-order chi connectivity index (χ1) is 14.6. The minimum atomic E-state index is -0.778. The Bertz CT molecular complexity index is 1100. The number of benzene rings is 2. The quantitative estimate of drug-likeness (QED) is 0.203. The molecule has 2 heterocycles. The summed E-state index contributed by atoms with van der Waals surface area (Å²) in [4.78, 5) is 2.03. The Morgan fingerprint density at radius 2 is 2.00 bits per heavy atom.